The number of benzene rings is 2. The highest BCUT2D eigenvalue weighted by Gasteiger charge is 2.33. The van der Waals surface area contributed by atoms with Crippen LogP contribution in [0.5, 0.6) is 0 Å². The minimum absolute atomic E-state index is 0.105. The summed E-state index contributed by atoms with van der Waals surface area (Å²) in [5.41, 5.74) is 1.59. The van der Waals surface area contributed by atoms with Crippen molar-refractivity contribution in [2.24, 2.45) is 5.10 Å². The standard InChI is InChI=1S/C20H16N4O5/c1-12-18(11-14-4-3-5-17(10-14)24(28)29)20(27)23(22-12)19(26)15-6-8-16(9-7-15)21-13(2)25/h3-11H,1-2H3,(H,21,25)/b18-11+. The number of hydrogen-bond acceptors (Lipinski definition) is 6. The Morgan fingerprint density at radius 2 is 1.86 bits per heavy atom. The Balaban J connectivity index is 1.84. The molecule has 3 amide bonds. The smallest absolute Gasteiger partial charge is 0.283 e. The molecule has 1 N–H and O–H groups in total. The first kappa shape index (κ1) is 19.6. The Labute approximate surface area is 165 Å². The van der Waals surface area contributed by atoms with Crippen LogP contribution in [-0.4, -0.2) is 33.4 Å². The number of nitrogens with one attached hydrogen (secondary N) is 1. The van der Waals surface area contributed by atoms with Crippen molar-refractivity contribution in [3.05, 3.63) is 75.3 Å². The summed E-state index contributed by atoms with van der Waals surface area (Å²) in [7, 11) is 0. The van der Waals surface area contributed by atoms with E-state index in [9.17, 15) is 24.5 Å². The van der Waals surface area contributed by atoms with Gasteiger partial charge in [0.2, 0.25) is 5.91 Å². The normalized spacial score (nSPS) is 14.7. The number of nitro benzene ring substituents is 1. The lowest BCUT2D eigenvalue weighted by atomic mass is 10.1. The van der Waals surface area contributed by atoms with E-state index in [0.29, 0.717) is 17.0 Å². The molecule has 0 unspecified atom stereocenters. The predicted molar refractivity (Wildman–Crippen MR) is 106 cm³/mol. The molecule has 2 aromatic rings. The van der Waals surface area contributed by atoms with Gasteiger partial charge in [0, 0.05) is 30.3 Å². The van der Waals surface area contributed by atoms with Gasteiger partial charge in [-0.05, 0) is 42.8 Å². The van der Waals surface area contributed by atoms with Crippen molar-refractivity contribution in [1.29, 1.82) is 0 Å². The summed E-state index contributed by atoms with van der Waals surface area (Å²) in [4.78, 5) is 46.8. The summed E-state index contributed by atoms with van der Waals surface area (Å²) in [5, 5.41) is 18.3. The van der Waals surface area contributed by atoms with E-state index < -0.39 is 16.7 Å². The first-order valence-electron chi connectivity index (χ1n) is 8.54. The molecule has 9 heteroatoms. The number of non-ortho nitro benzene ring substituents is 1. The van der Waals surface area contributed by atoms with Gasteiger partial charge in [0.05, 0.1) is 16.2 Å². The van der Waals surface area contributed by atoms with Crippen molar-refractivity contribution in [3.63, 3.8) is 0 Å². The van der Waals surface area contributed by atoms with Crippen LogP contribution in [0.2, 0.25) is 0 Å². The van der Waals surface area contributed by atoms with E-state index in [-0.39, 0.29) is 22.7 Å². The highest BCUT2D eigenvalue weighted by atomic mass is 16.6. The zero-order valence-electron chi connectivity index (χ0n) is 15.6. The molecule has 0 atom stereocenters. The number of rotatable bonds is 4. The highest BCUT2D eigenvalue weighted by molar-refractivity contribution is 6.30. The second-order valence-corrected chi connectivity index (χ2v) is 6.28. The third-order valence-electron chi connectivity index (χ3n) is 4.10. The zero-order chi connectivity index (χ0) is 21.1. The Bertz CT molecular complexity index is 1090. The number of carbonyl (C=O) groups is 3. The molecule has 2 aromatic carbocycles. The van der Waals surface area contributed by atoms with Crippen molar-refractivity contribution in [3.8, 4) is 0 Å². The maximum Gasteiger partial charge on any atom is 0.283 e. The van der Waals surface area contributed by atoms with Crippen LogP contribution in [0.3, 0.4) is 0 Å². The number of nitrogens with zero attached hydrogens (tertiary/aromatic N) is 3. The van der Waals surface area contributed by atoms with E-state index in [1.54, 1.807) is 25.1 Å². The molecule has 29 heavy (non-hydrogen) atoms. The van der Waals surface area contributed by atoms with Gasteiger partial charge in [0.1, 0.15) is 0 Å². The van der Waals surface area contributed by atoms with E-state index in [2.05, 4.69) is 10.4 Å². The molecule has 0 aliphatic carbocycles. The van der Waals surface area contributed by atoms with Crippen LogP contribution in [-0.2, 0) is 9.59 Å². The molecule has 1 aliphatic rings. The Morgan fingerprint density at radius 1 is 1.17 bits per heavy atom. The molecule has 146 valence electrons. The van der Waals surface area contributed by atoms with E-state index in [4.69, 9.17) is 0 Å². The number of amides is 3. The molecular weight excluding hydrogens is 376 g/mol. The molecule has 0 bridgehead atoms. The fraction of sp³-hybridized carbons (Fsp3) is 0.100. The fourth-order valence-corrected chi connectivity index (χ4v) is 2.74. The second-order valence-electron chi connectivity index (χ2n) is 6.28. The summed E-state index contributed by atoms with van der Waals surface area (Å²) < 4.78 is 0. The molecule has 0 saturated heterocycles. The van der Waals surface area contributed by atoms with Crippen LogP contribution in [0.1, 0.15) is 29.8 Å². The Morgan fingerprint density at radius 3 is 2.48 bits per heavy atom. The van der Waals surface area contributed by atoms with Crippen molar-refractivity contribution in [2.45, 2.75) is 13.8 Å². The van der Waals surface area contributed by atoms with Gasteiger partial charge in [-0.1, -0.05) is 12.1 Å². The Kier molecular flexibility index (Phi) is 5.31. The van der Waals surface area contributed by atoms with Gasteiger partial charge in [0.15, 0.2) is 0 Å². The van der Waals surface area contributed by atoms with Gasteiger partial charge in [0.25, 0.3) is 17.5 Å². The van der Waals surface area contributed by atoms with Crippen molar-refractivity contribution >= 4 is 40.9 Å². The van der Waals surface area contributed by atoms with E-state index in [0.717, 1.165) is 5.01 Å². The second kappa shape index (κ2) is 7.85. The van der Waals surface area contributed by atoms with E-state index >= 15 is 0 Å². The lowest BCUT2D eigenvalue weighted by Crippen LogP contribution is -2.29. The molecular formula is C20H16N4O5. The number of anilines is 1. The summed E-state index contributed by atoms with van der Waals surface area (Å²) >= 11 is 0. The maximum absolute atomic E-state index is 12.7. The van der Waals surface area contributed by atoms with Gasteiger partial charge in [-0.3, -0.25) is 24.5 Å². The molecule has 0 spiro atoms. The number of imide groups is 1. The van der Waals surface area contributed by atoms with Crippen LogP contribution < -0.4 is 5.32 Å². The van der Waals surface area contributed by atoms with Gasteiger partial charge >= 0.3 is 0 Å². The van der Waals surface area contributed by atoms with Gasteiger partial charge in [-0.2, -0.15) is 10.1 Å². The topological polar surface area (TPSA) is 122 Å². The molecule has 3 rings (SSSR count). The van der Waals surface area contributed by atoms with Crippen LogP contribution in [0, 0.1) is 10.1 Å². The quantitative estimate of drug-likeness (QED) is 0.371. The molecule has 0 saturated carbocycles. The predicted octanol–water partition coefficient (Wildman–Crippen LogP) is 3.00. The molecule has 0 aromatic heterocycles. The number of carbonyl (C=O) groups excluding carboxylic acids is 3. The molecule has 9 nitrogen and oxygen atoms in total. The highest BCUT2D eigenvalue weighted by Crippen LogP contribution is 2.23. The number of hydrazone groups is 1. The summed E-state index contributed by atoms with van der Waals surface area (Å²) in [6.45, 7) is 2.95. The number of hydrogen-bond donors (Lipinski definition) is 1. The summed E-state index contributed by atoms with van der Waals surface area (Å²) in [6, 6.07) is 11.9. The summed E-state index contributed by atoms with van der Waals surface area (Å²) in [5.74, 6) is -1.48. The van der Waals surface area contributed by atoms with Crippen molar-refractivity contribution < 1.29 is 19.3 Å². The Hall–Kier alpha value is -4.14. The lowest BCUT2D eigenvalue weighted by molar-refractivity contribution is -0.384. The maximum atomic E-state index is 12.7. The zero-order valence-corrected chi connectivity index (χ0v) is 15.6. The van der Waals surface area contributed by atoms with E-state index in [1.165, 1.54) is 43.3 Å². The third kappa shape index (κ3) is 4.24. The average molecular weight is 392 g/mol. The first-order valence-corrected chi connectivity index (χ1v) is 8.54. The van der Waals surface area contributed by atoms with Crippen LogP contribution in [0.15, 0.2) is 59.2 Å². The number of nitro groups is 1. The average Bonchev–Trinajstić information content (AvgIpc) is 2.96. The van der Waals surface area contributed by atoms with Gasteiger partial charge in [-0.25, -0.2) is 0 Å². The first-order chi connectivity index (χ1) is 13.8. The van der Waals surface area contributed by atoms with Crippen molar-refractivity contribution in [1.82, 2.24) is 5.01 Å². The minimum atomic E-state index is -0.620. The van der Waals surface area contributed by atoms with E-state index in [1.807, 2.05) is 0 Å². The molecule has 0 radical (unpaired) electrons. The van der Waals surface area contributed by atoms with Crippen molar-refractivity contribution in [2.75, 3.05) is 5.32 Å². The van der Waals surface area contributed by atoms with Crippen LogP contribution in [0.25, 0.3) is 6.08 Å². The van der Waals surface area contributed by atoms with Gasteiger partial charge < -0.3 is 5.32 Å². The fourth-order valence-electron chi connectivity index (χ4n) is 2.74. The minimum Gasteiger partial charge on any atom is -0.326 e. The molecule has 1 aliphatic heterocycles. The van der Waals surface area contributed by atoms with Crippen LogP contribution in [0.4, 0.5) is 11.4 Å². The van der Waals surface area contributed by atoms with Crippen LogP contribution >= 0.6 is 0 Å². The molecule has 0 fully saturated rings. The third-order valence-corrected chi connectivity index (χ3v) is 4.10. The lowest BCUT2D eigenvalue weighted by Gasteiger charge is -2.10. The SMILES string of the molecule is CC(=O)Nc1ccc(C(=O)N2N=C(C)/C(=C\c3cccc([N+](=O)[O-])c3)C2=O)cc1. The summed E-state index contributed by atoms with van der Waals surface area (Å²) in [6.07, 6.45) is 1.46. The van der Waals surface area contributed by atoms with Gasteiger partial charge in [-0.15, -0.1) is 0 Å². The largest absolute Gasteiger partial charge is 0.326 e. The molecule has 1 heterocycles. The monoisotopic (exact) mass is 392 g/mol.